The van der Waals surface area contributed by atoms with Crippen LogP contribution in [0.25, 0.3) is 6.08 Å². The summed E-state index contributed by atoms with van der Waals surface area (Å²) in [6.45, 7) is 6.45. The second kappa shape index (κ2) is 7.54. The minimum Gasteiger partial charge on any atom is -0.369 e. The largest absolute Gasteiger partial charge is 0.369 e. The minimum absolute atomic E-state index is 0.0499. The third-order valence-electron chi connectivity index (χ3n) is 5.75. The highest BCUT2D eigenvalue weighted by molar-refractivity contribution is 8.18. The van der Waals surface area contributed by atoms with Gasteiger partial charge in [0.2, 0.25) is 0 Å². The van der Waals surface area contributed by atoms with E-state index in [1.807, 2.05) is 13.1 Å². The first-order valence-electron chi connectivity index (χ1n) is 9.76. The quantitative estimate of drug-likeness (QED) is 0.637. The lowest BCUT2D eigenvalue weighted by Gasteiger charge is -2.45. The minimum atomic E-state index is -0.365. The number of thioether (sulfide) groups is 1. The number of amides is 1. The zero-order valence-electron chi connectivity index (χ0n) is 17.3. The Kier molecular flexibility index (Phi) is 5.18. The van der Waals surface area contributed by atoms with Gasteiger partial charge in [0.15, 0.2) is 5.17 Å². The third-order valence-corrected chi connectivity index (χ3v) is 6.66. The van der Waals surface area contributed by atoms with Gasteiger partial charge in [0.25, 0.3) is 5.91 Å². The molecule has 0 aromatic heterocycles. The number of hydrogen-bond acceptors (Lipinski definition) is 4. The van der Waals surface area contributed by atoms with Gasteiger partial charge in [0.05, 0.1) is 10.6 Å². The fourth-order valence-corrected chi connectivity index (χ4v) is 4.80. The lowest BCUT2D eigenvalue weighted by Crippen LogP contribution is -2.45. The molecule has 30 heavy (non-hydrogen) atoms. The summed E-state index contributed by atoms with van der Waals surface area (Å²) in [7, 11) is 1.99. The lowest BCUT2D eigenvalue weighted by atomic mass is 9.80. The fraction of sp³-hybridized carbons (Fsp3) is 0.304. The highest BCUT2D eigenvalue weighted by atomic mass is 32.2. The maximum Gasteiger partial charge on any atom is 0.264 e. The van der Waals surface area contributed by atoms with Crippen molar-refractivity contribution in [3.63, 3.8) is 0 Å². The monoisotopic (exact) mass is 427 g/mol. The molecule has 2 aromatic carbocycles. The molecule has 0 aliphatic carbocycles. The predicted molar refractivity (Wildman–Crippen MR) is 119 cm³/mol. The Labute approximate surface area is 179 Å². The topological polar surface area (TPSA) is 44.7 Å². The van der Waals surface area contributed by atoms with Gasteiger partial charge in [-0.1, -0.05) is 6.92 Å². The number of rotatable bonds is 2. The zero-order valence-corrected chi connectivity index (χ0v) is 18.1. The molecule has 1 amide bonds. The van der Waals surface area contributed by atoms with E-state index in [1.165, 1.54) is 24.3 Å². The van der Waals surface area contributed by atoms with E-state index in [0.717, 1.165) is 29.4 Å². The van der Waals surface area contributed by atoms with E-state index < -0.39 is 0 Å². The first kappa shape index (κ1) is 20.6. The molecule has 1 atom stereocenters. The molecular formula is C23H23F2N3OS. The molecule has 1 unspecified atom stereocenters. The van der Waals surface area contributed by atoms with Crippen LogP contribution in [0.5, 0.6) is 0 Å². The highest BCUT2D eigenvalue weighted by Crippen LogP contribution is 2.43. The number of aliphatic imine (C=N–C) groups is 1. The average molecular weight is 428 g/mol. The number of amidine groups is 1. The van der Waals surface area contributed by atoms with Crippen molar-refractivity contribution in [2.45, 2.75) is 38.6 Å². The van der Waals surface area contributed by atoms with Crippen LogP contribution in [0.1, 0.15) is 44.2 Å². The Morgan fingerprint density at radius 2 is 1.93 bits per heavy atom. The number of nitrogens with zero attached hydrogens (tertiary/aromatic N) is 2. The van der Waals surface area contributed by atoms with Gasteiger partial charge in [0, 0.05) is 23.8 Å². The van der Waals surface area contributed by atoms with Crippen molar-refractivity contribution in [3.8, 4) is 0 Å². The van der Waals surface area contributed by atoms with Crippen molar-refractivity contribution in [1.29, 1.82) is 0 Å². The van der Waals surface area contributed by atoms with E-state index in [-0.39, 0.29) is 29.0 Å². The van der Waals surface area contributed by atoms with Gasteiger partial charge < -0.3 is 10.2 Å². The summed E-state index contributed by atoms with van der Waals surface area (Å²) >= 11 is 1.14. The van der Waals surface area contributed by atoms with Crippen LogP contribution in [0.15, 0.2) is 46.3 Å². The third kappa shape index (κ3) is 3.86. The molecule has 1 fully saturated rings. The number of hydrogen-bond donors (Lipinski definition) is 1. The van der Waals surface area contributed by atoms with Gasteiger partial charge in [0.1, 0.15) is 11.6 Å². The number of carbonyl (C=O) groups is 1. The first-order valence-corrected chi connectivity index (χ1v) is 10.6. The zero-order chi connectivity index (χ0) is 21.6. The van der Waals surface area contributed by atoms with Crippen molar-refractivity contribution in [1.82, 2.24) is 5.32 Å². The molecule has 2 aromatic rings. The Morgan fingerprint density at radius 1 is 1.23 bits per heavy atom. The molecular weight excluding hydrogens is 404 g/mol. The van der Waals surface area contributed by atoms with Crippen LogP contribution >= 0.6 is 11.8 Å². The van der Waals surface area contributed by atoms with Crippen LogP contribution in [-0.2, 0) is 4.79 Å². The summed E-state index contributed by atoms with van der Waals surface area (Å²) in [6, 6.07) is 9.07. The molecule has 0 saturated carbocycles. The van der Waals surface area contributed by atoms with Crippen molar-refractivity contribution in [2.24, 2.45) is 4.99 Å². The molecule has 2 heterocycles. The van der Waals surface area contributed by atoms with Crippen LogP contribution in [0.3, 0.4) is 0 Å². The van der Waals surface area contributed by atoms with Gasteiger partial charge in [-0.05, 0) is 86.0 Å². The lowest BCUT2D eigenvalue weighted by molar-refractivity contribution is -0.115. The Balaban J connectivity index is 1.64. The van der Waals surface area contributed by atoms with Gasteiger partial charge in [-0.3, -0.25) is 4.79 Å². The van der Waals surface area contributed by atoms with Crippen LogP contribution in [-0.4, -0.2) is 23.7 Å². The molecule has 4 nitrogen and oxygen atoms in total. The summed E-state index contributed by atoms with van der Waals surface area (Å²) < 4.78 is 28.0. The molecule has 0 spiro atoms. The van der Waals surface area contributed by atoms with Crippen molar-refractivity contribution in [2.75, 3.05) is 11.9 Å². The van der Waals surface area contributed by atoms with Crippen LogP contribution in [0, 0.1) is 11.6 Å². The number of nitrogens with one attached hydrogen (secondary N) is 1. The maximum atomic E-state index is 14.9. The van der Waals surface area contributed by atoms with Crippen LogP contribution in [0.2, 0.25) is 0 Å². The summed E-state index contributed by atoms with van der Waals surface area (Å²) in [5, 5.41) is 3.06. The van der Waals surface area contributed by atoms with Gasteiger partial charge >= 0.3 is 0 Å². The average Bonchev–Trinajstić information content (AvgIpc) is 3.01. The molecule has 0 radical (unpaired) electrons. The van der Waals surface area contributed by atoms with E-state index in [2.05, 4.69) is 36.0 Å². The van der Waals surface area contributed by atoms with Crippen LogP contribution < -0.4 is 10.2 Å². The molecule has 156 valence electrons. The number of carbonyl (C=O) groups excluding carboxylic acids is 1. The molecule has 0 bridgehead atoms. The SMILES string of the molecule is CC1CC(C)(C)N(C)c2cc(F)c(/C=C3/SC(=Nc4ccc(F)cc4)NC3=O)cc21. The molecule has 1 N–H and O–H groups in total. The molecule has 7 heteroatoms. The number of benzene rings is 2. The highest BCUT2D eigenvalue weighted by Gasteiger charge is 2.35. The first-order chi connectivity index (χ1) is 14.1. The van der Waals surface area contributed by atoms with Crippen molar-refractivity contribution < 1.29 is 13.6 Å². The smallest absolute Gasteiger partial charge is 0.264 e. The summed E-state index contributed by atoms with van der Waals surface area (Å²) in [5.41, 5.74) is 2.83. The van der Waals surface area contributed by atoms with Gasteiger partial charge in [-0.25, -0.2) is 13.8 Å². The van der Waals surface area contributed by atoms with E-state index in [9.17, 15) is 13.6 Å². The summed E-state index contributed by atoms with van der Waals surface area (Å²) in [6.07, 6.45) is 2.52. The Hall–Kier alpha value is -2.67. The number of halogens is 2. The number of fused-ring (bicyclic) bond motifs is 1. The van der Waals surface area contributed by atoms with E-state index in [1.54, 1.807) is 12.1 Å². The predicted octanol–water partition coefficient (Wildman–Crippen LogP) is 5.58. The normalized spacial score (nSPS) is 23.1. The Morgan fingerprint density at radius 3 is 2.63 bits per heavy atom. The summed E-state index contributed by atoms with van der Waals surface area (Å²) in [4.78, 5) is 19.2. The van der Waals surface area contributed by atoms with E-state index in [4.69, 9.17) is 0 Å². The summed E-state index contributed by atoms with van der Waals surface area (Å²) in [5.74, 6) is -0.766. The van der Waals surface area contributed by atoms with Crippen LogP contribution in [0.4, 0.5) is 20.2 Å². The fourth-order valence-electron chi connectivity index (χ4n) is 3.97. The van der Waals surface area contributed by atoms with Gasteiger partial charge in [-0.2, -0.15) is 0 Å². The molecule has 1 saturated heterocycles. The maximum absolute atomic E-state index is 14.9. The number of anilines is 1. The Bertz CT molecular complexity index is 1080. The van der Waals surface area contributed by atoms with E-state index >= 15 is 0 Å². The van der Waals surface area contributed by atoms with Gasteiger partial charge in [-0.15, -0.1) is 0 Å². The molecule has 2 aliphatic rings. The van der Waals surface area contributed by atoms with E-state index in [0.29, 0.717) is 21.3 Å². The standard InChI is InChI=1S/C23H23F2N3OS/c1-13-12-23(2,3)28(4)19-11-18(25)14(9-17(13)19)10-20-21(29)27-22(30-20)26-16-7-5-15(24)6-8-16/h5-11,13H,12H2,1-4H3,(H,26,27,29)/b20-10+. The van der Waals surface area contributed by atoms with Crippen molar-refractivity contribution in [3.05, 3.63) is 64.1 Å². The van der Waals surface area contributed by atoms with Crippen molar-refractivity contribution >= 4 is 40.3 Å². The second-order valence-corrected chi connectivity index (χ2v) is 9.40. The molecule has 2 aliphatic heterocycles. The second-order valence-electron chi connectivity index (χ2n) is 8.37. The molecule has 4 rings (SSSR count).